The van der Waals surface area contributed by atoms with Crippen LogP contribution in [0.4, 0.5) is 9.59 Å². The molecule has 3 unspecified atom stereocenters. The molecule has 2 saturated heterocycles. The largest absolute Gasteiger partial charge is 0.541 e. The van der Waals surface area contributed by atoms with Crippen LogP contribution in [0.1, 0.15) is 178 Å². The van der Waals surface area contributed by atoms with Crippen molar-refractivity contribution in [1.29, 1.82) is 0 Å². The van der Waals surface area contributed by atoms with Gasteiger partial charge in [-0.15, -0.1) is 13.2 Å². The number of carbonyl (C=O) groups is 2. The fraction of sp³-hybridized carbons (Fsp3) is 0.571. The molecule has 0 saturated carbocycles. The molecule has 2 fully saturated rings. The average Bonchev–Trinajstić information content (AvgIpc) is 1.28. The first-order valence-corrected chi connectivity index (χ1v) is 55.5. The highest BCUT2D eigenvalue weighted by Gasteiger charge is 2.45. The van der Waals surface area contributed by atoms with E-state index in [2.05, 4.69) is 228 Å². The molecule has 0 bridgehead atoms. The van der Waals surface area contributed by atoms with Gasteiger partial charge < -0.3 is 76.7 Å². The van der Waals surface area contributed by atoms with E-state index in [9.17, 15) is 14.7 Å². The van der Waals surface area contributed by atoms with Crippen LogP contribution in [-0.4, -0.2) is 186 Å². The van der Waals surface area contributed by atoms with Gasteiger partial charge in [0, 0.05) is 86.3 Å². The Balaban J connectivity index is 0.000000286. The second-order valence-corrected chi connectivity index (χ2v) is 57.8. The van der Waals surface area contributed by atoms with Crippen LogP contribution in [0.25, 0.3) is 31.9 Å². The first-order chi connectivity index (χ1) is 57.9. The fourth-order valence-corrected chi connectivity index (χ4v) is 19.2. The van der Waals surface area contributed by atoms with Crippen LogP contribution in [-0.2, 0) is 40.6 Å². The smallest absolute Gasteiger partial charge is 0.407 e. The highest BCUT2D eigenvalue weighted by atomic mass is 28.4. The molecule has 0 aromatic heterocycles. The number of hydrogen-bond acceptors (Lipinski definition) is 17. The van der Waals surface area contributed by atoms with Gasteiger partial charge in [-0.2, -0.15) is 0 Å². The maximum atomic E-state index is 14.1. The standard InChI is InChI=1S/C48H71N3O7Si2.C34H42N2O6Si.C14H31NO2Si.C2H4/c1-33-43(53-9)34(30-42(44(33)54-10)58-60(13,14)48(5,6)7)29-41(50-46(52)56-32-40-38-24-17-15-22-36(38)37-23-16-18-25-39(37)40)45(49-8)51-26-28-55-35(31-51)21-19-20-27-57-59(11,12)47(2,3)4;1-21-30(39-6)22(19-29(31(21)40-7)42-43(8,9)34(2,3)4)18-28(32(37)35-5)36-33(38)41-20-27-25-16-12-10-14-23(25)24-15-11-13-17-26(24)27;1-14(2,3)18(4,5)17-10-7-6-8-13-12-15-9-11-16-13;1-2/h15-18,22-25,30,35,40-41,45H,19-21,26-29,31-32H2,1-7,9-14H3,(H,50,52);10-17,19,27-28,32,37H,18,20H2,1-4,6-9H3,(H,36,38);13,15H,6-12H2,1-5H3;1-2H2/t35-,41?,45-;;13-;/m0.0./s1. The summed E-state index contributed by atoms with van der Waals surface area (Å²) < 4.78 is 73.4. The molecule has 4 aliphatic rings. The van der Waals surface area contributed by atoms with E-state index in [1.165, 1.54) is 6.42 Å². The van der Waals surface area contributed by atoms with Crippen molar-refractivity contribution in [2.24, 2.45) is 0 Å². The van der Waals surface area contributed by atoms with E-state index in [-0.39, 0.29) is 52.7 Å². The molecule has 4 N–H and O–H groups in total. The maximum Gasteiger partial charge on any atom is 0.407 e. The average molecular weight is 1760 g/mol. The van der Waals surface area contributed by atoms with Crippen LogP contribution < -0.4 is 43.7 Å². The van der Waals surface area contributed by atoms with E-state index < -0.39 is 69.9 Å². The van der Waals surface area contributed by atoms with Gasteiger partial charge in [-0.25, -0.2) is 27.6 Å². The summed E-state index contributed by atoms with van der Waals surface area (Å²) in [7, 11) is -1.45. The van der Waals surface area contributed by atoms with Crippen molar-refractivity contribution in [1.82, 2.24) is 20.9 Å². The number of fused-ring (bicyclic) bond motifs is 6. The number of hydrogen-bond donors (Lipinski definition) is 4. The van der Waals surface area contributed by atoms with E-state index in [4.69, 9.17) is 68.7 Å². The van der Waals surface area contributed by atoms with Crippen molar-refractivity contribution < 1.29 is 70.3 Å². The molecule has 2 aliphatic carbocycles. The third-order valence-corrected chi connectivity index (χ3v) is 44.0. The number of morpholine rings is 2. The third-order valence-electron chi connectivity index (χ3n) is 26.2. The molecule has 2 aliphatic heterocycles. The van der Waals surface area contributed by atoms with Crippen LogP contribution >= 0.6 is 0 Å². The summed E-state index contributed by atoms with van der Waals surface area (Å²) >= 11 is 0. The van der Waals surface area contributed by atoms with Crippen molar-refractivity contribution in [2.45, 2.75) is 269 Å². The molecule has 123 heavy (non-hydrogen) atoms. The molecular formula is C98H148N6O15Si4. The van der Waals surface area contributed by atoms with Crippen molar-refractivity contribution in [2.75, 3.05) is 94.3 Å². The van der Waals surface area contributed by atoms with Crippen molar-refractivity contribution in [3.8, 4) is 56.8 Å². The normalized spacial score (nSPS) is 16.6. The van der Waals surface area contributed by atoms with Crippen LogP contribution in [0.3, 0.4) is 0 Å². The molecule has 6 aromatic rings. The Morgan fingerprint density at radius 2 is 0.878 bits per heavy atom. The molecule has 2 heterocycles. The molecule has 0 radical (unpaired) electrons. The first kappa shape index (κ1) is 102. The number of ether oxygens (including phenoxy) is 8. The third kappa shape index (κ3) is 26.6. The van der Waals surface area contributed by atoms with Crippen LogP contribution in [0.5, 0.6) is 34.5 Å². The van der Waals surface area contributed by atoms with E-state index in [0.717, 1.165) is 126 Å². The van der Waals surface area contributed by atoms with E-state index in [1.54, 1.807) is 28.4 Å². The molecule has 6 aromatic carbocycles. The minimum atomic E-state index is -2.29. The SMILES string of the molecule is C=C.CC(C)(C)[Si](C)(C)OCCCC[C@H]1CNCCO1.[C-]#[N+]C(O)C(Cc1cc(O[Si](C)(C)C(C)(C)C)c(OC)c(C)c1OC)NC(=O)OCC1c2ccccc2-c2ccccc21.[C-]#[N+][C@H](C(Cc1cc(O[Si](C)(C)C(C)(C)C)c(OC)c(C)c1OC)NC(=O)OCC1c2ccccc2-c2ccccc21)N1CCO[C@@H](CCCCO[Si](C)(C)C(C)(C)C)C1. The zero-order valence-electron chi connectivity index (χ0n) is 79.2. The van der Waals surface area contributed by atoms with Crippen LogP contribution in [0.2, 0.25) is 72.5 Å². The number of aliphatic hydroxyl groups is 1. The quantitative estimate of drug-likeness (QED) is 0.0130. The van der Waals surface area contributed by atoms with Gasteiger partial charge in [-0.3, -0.25) is 9.69 Å². The van der Waals surface area contributed by atoms with Crippen molar-refractivity contribution in [3.63, 3.8) is 0 Å². The molecule has 676 valence electrons. The minimum absolute atomic E-state index is 0.0340. The number of nitrogens with one attached hydrogen (secondary N) is 3. The number of aliphatic hydroxyl groups excluding tert-OH is 1. The molecule has 2 amide bonds. The zero-order chi connectivity index (χ0) is 91.2. The topological polar surface area (TPSA) is 213 Å². The summed E-state index contributed by atoms with van der Waals surface area (Å²) in [6.07, 6.45) is 3.64. The van der Waals surface area contributed by atoms with Gasteiger partial charge in [0.1, 0.15) is 48.3 Å². The molecule has 0 spiro atoms. The Kier molecular flexibility index (Phi) is 37.3. The molecular weight excluding hydrogens is 1610 g/mol. The lowest BCUT2D eigenvalue weighted by molar-refractivity contribution is -0.0459. The highest BCUT2D eigenvalue weighted by molar-refractivity contribution is 6.75. The summed E-state index contributed by atoms with van der Waals surface area (Å²) in [5, 5.41) is 20.3. The second kappa shape index (κ2) is 44.9. The number of benzene rings is 6. The van der Waals surface area contributed by atoms with Gasteiger partial charge >= 0.3 is 18.4 Å². The Hall–Kier alpha value is -8.03. The highest BCUT2D eigenvalue weighted by Crippen LogP contribution is 2.50. The Morgan fingerprint density at radius 3 is 1.23 bits per heavy atom. The van der Waals surface area contributed by atoms with Gasteiger partial charge in [0.15, 0.2) is 28.1 Å². The summed E-state index contributed by atoms with van der Waals surface area (Å²) in [5.41, 5.74) is 12.1. The molecule has 25 heteroatoms. The van der Waals surface area contributed by atoms with Gasteiger partial charge in [0.05, 0.1) is 53.9 Å². The lowest BCUT2D eigenvalue weighted by Crippen LogP contribution is -2.56. The lowest BCUT2D eigenvalue weighted by Gasteiger charge is -2.37. The summed E-state index contributed by atoms with van der Waals surface area (Å²) in [6, 6.07) is 35.0. The van der Waals surface area contributed by atoms with Gasteiger partial charge in [0.25, 0.3) is 22.8 Å². The fourth-order valence-electron chi connectivity index (χ4n) is 15.1. The lowest BCUT2D eigenvalue weighted by atomic mass is 9.98. The van der Waals surface area contributed by atoms with E-state index in [0.29, 0.717) is 77.3 Å². The second-order valence-electron chi connectivity index (χ2n) is 38.7. The number of unbranched alkanes of at least 4 members (excludes halogenated alkanes) is 2. The van der Waals surface area contributed by atoms with Gasteiger partial charge in [0.2, 0.25) is 0 Å². The van der Waals surface area contributed by atoms with Gasteiger partial charge in [-0.1, -0.05) is 180 Å². The number of carbonyl (C=O) groups excluding carboxylic acids is 2. The number of alkyl carbamates (subject to hydrolysis) is 2. The van der Waals surface area contributed by atoms with E-state index in [1.807, 2.05) is 74.5 Å². The monoisotopic (exact) mass is 1760 g/mol. The summed E-state index contributed by atoms with van der Waals surface area (Å²) in [5.74, 6) is 3.37. The van der Waals surface area contributed by atoms with Crippen LogP contribution in [0, 0.1) is 27.0 Å². The van der Waals surface area contributed by atoms with E-state index >= 15 is 0 Å². The number of nitrogens with zero attached hydrogens (tertiary/aromatic N) is 3. The maximum absolute atomic E-state index is 14.1. The minimum Gasteiger partial charge on any atom is -0.541 e. The summed E-state index contributed by atoms with van der Waals surface area (Å²) in [4.78, 5) is 36.9. The Bertz CT molecular complexity index is 4420. The molecule has 6 atom stereocenters. The first-order valence-electron chi connectivity index (χ1n) is 43.8. The van der Waals surface area contributed by atoms with Crippen LogP contribution in [0.15, 0.2) is 122 Å². The Labute approximate surface area is 742 Å². The predicted octanol–water partition coefficient (Wildman–Crippen LogP) is 22.0. The summed E-state index contributed by atoms with van der Waals surface area (Å²) in [6.45, 7) is 77.1. The zero-order valence-corrected chi connectivity index (χ0v) is 83.2. The van der Waals surface area contributed by atoms with Crippen molar-refractivity contribution >= 4 is 45.5 Å². The molecule has 21 nitrogen and oxygen atoms in total. The van der Waals surface area contributed by atoms with Gasteiger partial charge in [-0.05, 0) is 182 Å². The number of amides is 2. The number of rotatable bonds is 33. The van der Waals surface area contributed by atoms with Crippen molar-refractivity contribution in [3.05, 3.63) is 190 Å². The predicted molar refractivity (Wildman–Crippen MR) is 508 cm³/mol. The molecule has 10 rings (SSSR count). The number of methoxy groups -OCH3 is 4. The Morgan fingerprint density at radius 1 is 0.520 bits per heavy atom.